The van der Waals surface area contributed by atoms with Crippen LogP contribution in [0.3, 0.4) is 0 Å². The maximum absolute atomic E-state index is 13.7. The number of hydrogen-bond acceptors (Lipinski definition) is 4. The zero-order valence-electron chi connectivity index (χ0n) is 11.1. The second-order valence-corrected chi connectivity index (χ2v) is 6.74. The third kappa shape index (κ3) is 3.58. The van der Waals surface area contributed by atoms with Gasteiger partial charge in [-0.15, -0.1) is 0 Å². The first-order chi connectivity index (χ1) is 10.2. The SMILES string of the molecule is CS(=O)(=O)c1c(F)cc(NC(=O)c2cc(Cl)ccn2)cc1F. The van der Waals surface area contributed by atoms with E-state index < -0.39 is 32.3 Å². The van der Waals surface area contributed by atoms with Gasteiger partial charge in [-0.3, -0.25) is 9.78 Å². The van der Waals surface area contributed by atoms with Crippen LogP contribution in [0.2, 0.25) is 5.02 Å². The quantitative estimate of drug-likeness (QED) is 0.927. The lowest BCUT2D eigenvalue weighted by molar-refractivity contribution is 0.102. The predicted molar refractivity (Wildman–Crippen MR) is 76.7 cm³/mol. The number of rotatable bonds is 3. The molecule has 0 aliphatic carbocycles. The number of halogens is 3. The second kappa shape index (κ2) is 5.98. The van der Waals surface area contributed by atoms with Gasteiger partial charge in [-0.05, 0) is 24.3 Å². The summed E-state index contributed by atoms with van der Waals surface area (Å²) in [5, 5.41) is 2.48. The van der Waals surface area contributed by atoms with E-state index in [1.165, 1.54) is 18.3 Å². The van der Waals surface area contributed by atoms with E-state index in [9.17, 15) is 22.0 Å². The Balaban J connectivity index is 2.34. The van der Waals surface area contributed by atoms with Crippen molar-refractivity contribution in [1.29, 1.82) is 0 Å². The molecule has 22 heavy (non-hydrogen) atoms. The third-order valence-corrected chi connectivity index (χ3v) is 3.95. The zero-order chi connectivity index (χ0) is 16.5. The highest BCUT2D eigenvalue weighted by molar-refractivity contribution is 7.90. The van der Waals surface area contributed by atoms with Crippen LogP contribution >= 0.6 is 11.6 Å². The summed E-state index contributed by atoms with van der Waals surface area (Å²) in [5.41, 5.74) is -0.297. The highest BCUT2D eigenvalue weighted by Gasteiger charge is 2.21. The first kappa shape index (κ1) is 16.3. The minimum absolute atomic E-state index is 0.0551. The largest absolute Gasteiger partial charge is 0.320 e. The molecule has 0 atom stereocenters. The summed E-state index contributed by atoms with van der Waals surface area (Å²) in [6.45, 7) is 0. The van der Waals surface area contributed by atoms with Crippen molar-refractivity contribution in [2.24, 2.45) is 0 Å². The molecule has 1 aromatic heterocycles. The summed E-state index contributed by atoms with van der Waals surface area (Å²) in [5.74, 6) is -3.33. The van der Waals surface area contributed by atoms with Crippen molar-refractivity contribution in [3.05, 3.63) is 52.8 Å². The van der Waals surface area contributed by atoms with Crippen LogP contribution in [0.1, 0.15) is 10.5 Å². The normalized spacial score (nSPS) is 11.3. The van der Waals surface area contributed by atoms with Gasteiger partial charge >= 0.3 is 0 Å². The molecule has 1 amide bonds. The van der Waals surface area contributed by atoms with Gasteiger partial charge in [-0.25, -0.2) is 17.2 Å². The Kier molecular flexibility index (Phi) is 4.43. The fourth-order valence-electron chi connectivity index (χ4n) is 1.71. The number of amides is 1. The number of hydrogen-bond donors (Lipinski definition) is 1. The van der Waals surface area contributed by atoms with Crippen molar-refractivity contribution < 1.29 is 22.0 Å². The van der Waals surface area contributed by atoms with E-state index in [1.807, 2.05) is 0 Å². The van der Waals surface area contributed by atoms with Crippen molar-refractivity contribution >= 4 is 33.0 Å². The van der Waals surface area contributed by atoms with Crippen LogP contribution in [0.5, 0.6) is 0 Å². The van der Waals surface area contributed by atoms with E-state index >= 15 is 0 Å². The molecule has 1 aromatic carbocycles. The number of anilines is 1. The Morgan fingerprint density at radius 2 is 1.82 bits per heavy atom. The molecule has 0 unspecified atom stereocenters. The Morgan fingerprint density at radius 3 is 2.32 bits per heavy atom. The fourth-order valence-corrected chi connectivity index (χ4v) is 2.70. The number of pyridine rings is 1. The van der Waals surface area contributed by atoms with Crippen molar-refractivity contribution in [2.75, 3.05) is 11.6 Å². The van der Waals surface area contributed by atoms with E-state index in [4.69, 9.17) is 11.6 Å². The summed E-state index contributed by atoms with van der Waals surface area (Å²) < 4.78 is 50.0. The molecule has 0 saturated heterocycles. The van der Waals surface area contributed by atoms with Gasteiger partial charge in [0.1, 0.15) is 22.2 Å². The van der Waals surface area contributed by atoms with Crippen LogP contribution in [0.15, 0.2) is 35.4 Å². The second-order valence-electron chi connectivity index (χ2n) is 4.35. The lowest BCUT2D eigenvalue weighted by Crippen LogP contribution is -2.14. The van der Waals surface area contributed by atoms with Gasteiger partial charge in [-0.2, -0.15) is 0 Å². The Morgan fingerprint density at radius 1 is 1.23 bits per heavy atom. The molecule has 0 fully saturated rings. The molecule has 0 radical (unpaired) electrons. The smallest absolute Gasteiger partial charge is 0.274 e. The molecule has 1 heterocycles. The summed E-state index contributed by atoms with van der Waals surface area (Å²) in [4.78, 5) is 14.6. The van der Waals surface area contributed by atoms with Gasteiger partial charge in [0.25, 0.3) is 5.91 Å². The number of sulfone groups is 1. The van der Waals surface area contributed by atoms with Crippen molar-refractivity contribution in [3.63, 3.8) is 0 Å². The van der Waals surface area contributed by atoms with E-state index in [0.717, 1.165) is 0 Å². The van der Waals surface area contributed by atoms with Crippen LogP contribution in [0.4, 0.5) is 14.5 Å². The molecule has 5 nitrogen and oxygen atoms in total. The van der Waals surface area contributed by atoms with E-state index in [2.05, 4.69) is 10.3 Å². The number of carbonyl (C=O) groups is 1. The summed E-state index contributed by atoms with van der Waals surface area (Å²) >= 11 is 5.71. The molecule has 0 saturated carbocycles. The highest BCUT2D eigenvalue weighted by Crippen LogP contribution is 2.23. The van der Waals surface area contributed by atoms with Crippen molar-refractivity contribution in [3.8, 4) is 0 Å². The van der Waals surface area contributed by atoms with Crippen LogP contribution in [-0.4, -0.2) is 25.6 Å². The molecule has 1 N–H and O–H groups in total. The zero-order valence-corrected chi connectivity index (χ0v) is 12.7. The molecular weight excluding hydrogens is 338 g/mol. The number of nitrogens with zero attached hydrogens (tertiary/aromatic N) is 1. The number of benzene rings is 1. The Hall–Kier alpha value is -2.06. The average molecular weight is 347 g/mol. The maximum Gasteiger partial charge on any atom is 0.274 e. The molecule has 0 aliphatic rings. The third-order valence-electron chi connectivity index (χ3n) is 2.58. The van der Waals surface area contributed by atoms with Crippen molar-refractivity contribution in [1.82, 2.24) is 4.98 Å². The summed E-state index contributed by atoms with van der Waals surface area (Å²) in [7, 11) is -4.06. The minimum atomic E-state index is -4.06. The monoisotopic (exact) mass is 346 g/mol. The van der Waals surface area contributed by atoms with E-state index in [1.54, 1.807) is 0 Å². The molecule has 0 aliphatic heterocycles. The van der Waals surface area contributed by atoms with Crippen molar-refractivity contribution in [2.45, 2.75) is 4.90 Å². The molecular formula is C13H9ClF2N2O3S. The minimum Gasteiger partial charge on any atom is -0.320 e. The van der Waals surface area contributed by atoms with E-state index in [0.29, 0.717) is 18.4 Å². The Bertz CT molecular complexity index is 833. The van der Waals surface area contributed by atoms with Gasteiger partial charge in [-0.1, -0.05) is 11.6 Å². The molecule has 9 heteroatoms. The fraction of sp³-hybridized carbons (Fsp3) is 0.0769. The number of carbonyl (C=O) groups excluding carboxylic acids is 1. The first-order valence-corrected chi connectivity index (χ1v) is 8.07. The molecule has 2 aromatic rings. The average Bonchev–Trinajstić information content (AvgIpc) is 2.35. The number of nitrogens with one attached hydrogen (secondary N) is 1. The highest BCUT2D eigenvalue weighted by atomic mass is 35.5. The van der Waals surface area contributed by atoms with Crippen LogP contribution < -0.4 is 5.32 Å². The van der Waals surface area contributed by atoms with Crippen LogP contribution in [-0.2, 0) is 9.84 Å². The first-order valence-electron chi connectivity index (χ1n) is 5.80. The topological polar surface area (TPSA) is 76.1 Å². The van der Waals surface area contributed by atoms with E-state index in [-0.39, 0.29) is 16.4 Å². The van der Waals surface area contributed by atoms with Gasteiger partial charge in [0.2, 0.25) is 0 Å². The summed E-state index contributed by atoms with van der Waals surface area (Å²) in [6.07, 6.45) is 1.98. The maximum atomic E-state index is 13.7. The lowest BCUT2D eigenvalue weighted by Gasteiger charge is -2.08. The van der Waals surface area contributed by atoms with Gasteiger partial charge < -0.3 is 5.32 Å². The molecule has 2 rings (SSSR count). The predicted octanol–water partition coefficient (Wildman–Crippen LogP) is 2.67. The molecule has 0 bridgehead atoms. The van der Waals surface area contributed by atoms with Gasteiger partial charge in [0.15, 0.2) is 9.84 Å². The standard InChI is InChI=1S/C13H9ClF2N2O3S/c1-22(20,21)12-9(15)5-8(6-10(12)16)18-13(19)11-4-7(14)2-3-17-11/h2-6H,1H3,(H,18,19). The van der Waals surface area contributed by atoms with Gasteiger partial charge in [0, 0.05) is 23.2 Å². The Labute approximate surface area is 129 Å². The molecule has 116 valence electrons. The molecule has 0 spiro atoms. The number of aromatic nitrogens is 1. The van der Waals surface area contributed by atoms with Gasteiger partial charge in [0.05, 0.1) is 0 Å². The van der Waals surface area contributed by atoms with Crippen LogP contribution in [0.25, 0.3) is 0 Å². The van der Waals surface area contributed by atoms with Crippen LogP contribution in [0, 0.1) is 11.6 Å². The summed E-state index contributed by atoms with van der Waals surface area (Å²) in [6, 6.07) is 4.15. The lowest BCUT2D eigenvalue weighted by atomic mass is 10.2.